The minimum absolute atomic E-state index is 0.0752. The maximum absolute atomic E-state index is 12.9. The molecule has 0 saturated carbocycles. The third kappa shape index (κ3) is 7.03. The van der Waals surface area contributed by atoms with Crippen LogP contribution in [0.4, 0.5) is 5.13 Å². The van der Waals surface area contributed by atoms with Crippen LogP contribution in [0.3, 0.4) is 0 Å². The molecule has 2 heterocycles. The lowest BCUT2D eigenvalue weighted by Crippen LogP contribution is -2.24. The topological polar surface area (TPSA) is 142 Å². The standard InChI is InChI=1S/C25H27N7O5S2/c1-5-37-18-9-7-17(8-10-18)32-21(13-26-23(34)16-6-11-19(35-3)20(12-16)36-4)29-31-25(32)38-14-22(33)27-24-30-28-15(2)39-24/h6-12H,5,13-14H2,1-4H3,(H,26,34)(H,27,30,33). The van der Waals surface area contributed by atoms with E-state index in [1.807, 2.05) is 38.1 Å². The normalized spacial score (nSPS) is 10.7. The highest BCUT2D eigenvalue weighted by atomic mass is 32.2. The molecule has 0 saturated heterocycles. The lowest BCUT2D eigenvalue weighted by Gasteiger charge is -2.12. The summed E-state index contributed by atoms with van der Waals surface area (Å²) in [7, 11) is 3.04. The Bertz CT molecular complexity index is 1440. The number of amides is 2. The largest absolute Gasteiger partial charge is 0.494 e. The summed E-state index contributed by atoms with van der Waals surface area (Å²) in [6.45, 7) is 4.36. The van der Waals surface area contributed by atoms with E-state index in [2.05, 4.69) is 31.0 Å². The van der Waals surface area contributed by atoms with E-state index in [1.165, 1.54) is 37.3 Å². The quantitative estimate of drug-likeness (QED) is 0.243. The van der Waals surface area contributed by atoms with Crippen molar-refractivity contribution in [1.29, 1.82) is 0 Å². The first kappa shape index (κ1) is 27.9. The van der Waals surface area contributed by atoms with Gasteiger partial charge < -0.3 is 19.5 Å². The molecule has 2 aromatic heterocycles. The van der Waals surface area contributed by atoms with Crippen LogP contribution in [0.2, 0.25) is 0 Å². The summed E-state index contributed by atoms with van der Waals surface area (Å²) in [5.74, 6) is 1.68. The van der Waals surface area contributed by atoms with E-state index in [9.17, 15) is 9.59 Å². The fourth-order valence-corrected chi connectivity index (χ4v) is 4.88. The van der Waals surface area contributed by atoms with Gasteiger partial charge in [-0.3, -0.25) is 19.5 Å². The molecule has 4 rings (SSSR count). The highest BCUT2D eigenvalue weighted by Crippen LogP contribution is 2.28. The molecule has 0 fully saturated rings. The molecule has 0 bridgehead atoms. The molecule has 14 heteroatoms. The van der Waals surface area contributed by atoms with Crippen LogP contribution < -0.4 is 24.8 Å². The van der Waals surface area contributed by atoms with Crippen LogP contribution in [0.1, 0.15) is 28.1 Å². The minimum Gasteiger partial charge on any atom is -0.494 e. The Hall–Kier alpha value is -4.17. The predicted molar refractivity (Wildman–Crippen MR) is 147 cm³/mol. The zero-order valence-electron chi connectivity index (χ0n) is 21.8. The van der Waals surface area contributed by atoms with Crippen LogP contribution in [-0.2, 0) is 11.3 Å². The monoisotopic (exact) mass is 569 g/mol. The Labute approximate surface area is 233 Å². The Morgan fingerprint density at radius 3 is 2.44 bits per heavy atom. The minimum atomic E-state index is -0.321. The zero-order chi connectivity index (χ0) is 27.8. The van der Waals surface area contributed by atoms with Gasteiger partial charge in [-0.2, -0.15) is 0 Å². The second kappa shape index (κ2) is 13.1. The molecule has 2 aromatic carbocycles. The van der Waals surface area contributed by atoms with Crippen LogP contribution in [-0.4, -0.2) is 63.4 Å². The van der Waals surface area contributed by atoms with Crippen LogP contribution in [0.15, 0.2) is 47.6 Å². The van der Waals surface area contributed by atoms with E-state index in [0.717, 1.165) is 16.4 Å². The summed E-state index contributed by atoms with van der Waals surface area (Å²) < 4.78 is 17.9. The van der Waals surface area contributed by atoms with Crippen molar-refractivity contribution >= 4 is 40.0 Å². The zero-order valence-corrected chi connectivity index (χ0v) is 23.4. The molecule has 39 heavy (non-hydrogen) atoms. The summed E-state index contributed by atoms with van der Waals surface area (Å²) >= 11 is 2.51. The van der Waals surface area contributed by atoms with Crippen molar-refractivity contribution in [2.45, 2.75) is 25.5 Å². The average Bonchev–Trinajstić information content (AvgIpc) is 3.55. The summed E-state index contributed by atoms with van der Waals surface area (Å²) in [6, 6.07) is 12.3. The first-order chi connectivity index (χ1) is 18.9. The Morgan fingerprint density at radius 2 is 1.77 bits per heavy atom. The summed E-state index contributed by atoms with van der Waals surface area (Å²) in [5.41, 5.74) is 1.15. The lowest BCUT2D eigenvalue weighted by molar-refractivity contribution is -0.113. The molecular formula is C25H27N7O5S2. The number of aromatic nitrogens is 5. The molecule has 12 nitrogen and oxygen atoms in total. The first-order valence-electron chi connectivity index (χ1n) is 11.8. The summed E-state index contributed by atoms with van der Waals surface area (Å²) in [5, 5.41) is 23.7. The number of aryl methyl sites for hydroxylation is 1. The molecule has 0 aliphatic heterocycles. The van der Waals surface area contributed by atoms with Crippen molar-refractivity contribution in [3.63, 3.8) is 0 Å². The van der Waals surface area contributed by atoms with Crippen molar-refractivity contribution in [3.05, 3.63) is 58.9 Å². The molecule has 0 spiro atoms. The van der Waals surface area contributed by atoms with Gasteiger partial charge in [0.2, 0.25) is 11.0 Å². The Balaban J connectivity index is 1.52. The van der Waals surface area contributed by atoms with E-state index < -0.39 is 0 Å². The average molecular weight is 570 g/mol. The second-order valence-corrected chi connectivity index (χ2v) is 10.0. The number of hydrogen-bond donors (Lipinski definition) is 2. The van der Waals surface area contributed by atoms with E-state index in [-0.39, 0.29) is 24.1 Å². The number of methoxy groups -OCH3 is 2. The fourth-order valence-electron chi connectivity index (χ4n) is 3.50. The van der Waals surface area contributed by atoms with Crippen molar-refractivity contribution in [3.8, 4) is 22.9 Å². The van der Waals surface area contributed by atoms with Gasteiger partial charge in [-0.15, -0.1) is 20.4 Å². The number of ether oxygens (including phenoxy) is 3. The number of nitrogens with one attached hydrogen (secondary N) is 2. The maximum Gasteiger partial charge on any atom is 0.251 e. The van der Waals surface area contributed by atoms with Gasteiger partial charge in [-0.1, -0.05) is 23.1 Å². The number of anilines is 1. The molecule has 0 aliphatic rings. The molecule has 4 aromatic rings. The van der Waals surface area contributed by atoms with Gasteiger partial charge in [0.25, 0.3) is 5.91 Å². The molecule has 2 amide bonds. The first-order valence-corrected chi connectivity index (χ1v) is 13.6. The lowest BCUT2D eigenvalue weighted by atomic mass is 10.2. The molecule has 0 unspecified atom stereocenters. The van der Waals surface area contributed by atoms with E-state index in [4.69, 9.17) is 14.2 Å². The van der Waals surface area contributed by atoms with E-state index in [1.54, 1.807) is 22.8 Å². The smallest absolute Gasteiger partial charge is 0.251 e. The van der Waals surface area contributed by atoms with Crippen LogP contribution in [0, 0.1) is 6.92 Å². The van der Waals surface area contributed by atoms with Crippen LogP contribution in [0.25, 0.3) is 5.69 Å². The van der Waals surface area contributed by atoms with Gasteiger partial charge in [0.1, 0.15) is 10.8 Å². The SMILES string of the molecule is CCOc1ccc(-n2c(CNC(=O)c3ccc(OC)c(OC)c3)nnc2SCC(=O)Nc2nnc(C)s2)cc1. The fraction of sp³-hybridized carbons (Fsp3) is 0.280. The van der Waals surface area contributed by atoms with Gasteiger partial charge in [0.05, 0.1) is 33.1 Å². The van der Waals surface area contributed by atoms with Gasteiger partial charge >= 0.3 is 0 Å². The number of nitrogens with zero attached hydrogens (tertiary/aromatic N) is 5. The maximum atomic E-state index is 12.9. The highest BCUT2D eigenvalue weighted by molar-refractivity contribution is 7.99. The second-order valence-electron chi connectivity index (χ2n) is 7.88. The predicted octanol–water partition coefficient (Wildman–Crippen LogP) is 3.50. The molecule has 0 atom stereocenters. The summed E-state index contributed by atoms with van der Waals surface area (Å²) in [6.07, 6.45) is 0. The molecular weight excluding hydrogens is 542 g/mol. The number of hydrogen-bond acceptors (Lipinski definition) is 11. The van der Waals surface area contributed by atoms with Gasteiger partial charge in [-0.05, 0) is 56.3 Å². The van der Waals surface area contributed by atoms with E-state index in [0.29, 0.717) is 39.8 Å². The number of thioether (sulfide) groups is 1. The third-order valence-electron chi connectivity index (χ3n) is 5.26. The van der Waals surface area contributed by atoms with Gasteiger partial charge in [0, 0.05) is 11.3 Å². The van der Waals surface area contributed by atoms with Crippen molar-refractivity contribution in [2.24, 2.45) is 0 Å². The third-order valence-corrected chi connectivity index (χ3v) is 6.95. The number of carbonyl (C=O) groups excluding carboxylic acids is 2. The van der Waals surface area contributed by atoms with Crippen LogP contribution in [0.5, 0.6) is 17.2 Å². The molecule has 2 N–H and O–H groups in total. The molecule has 204 valence electrons. The number of carbonyl (C=O) groups is 2. The highest BCUT2D eigenvalue weighted by Gasteiger charge is 2.18. The molecule has 0 aliphatic carbocycles. The van der Waals surface area contributed by atoms with Gasteiger partial charge in [-0.25, -0.2) is 0 Å². The number of benzene rings is 2. The van der Waals surface area contributed by atoms with Crippen molar-refractivity contribution in [2.75, 3.05) is 31.9 Å². The Kier molecular flexibility index (Phi) is 9.33. The van der Waals surface area contributed by atoms with Crippen molar-refractivity contribution < 1.29 is 23.8 Å². The van der Waals surface area contributed by atoms with E-state index >= 15 is 0 Å². The van der Waals surface area contributed by atoms with Gasteiger partial charge in [0.15, 0.2) is 22.5 Å². The van der Waals surface area contributed by atoms with Crippen LogP contribution >= 0.6 is 23.1 Å². The summed E-state index contributed by atoms with van der Waals surface area (Å²) in [4.78, 5) is 25.4. The Morgan fingerprint density at radius 1 is 1.00 bits per heavy atom. The van der Waals surface area contributed by atoms with Crippen molar-refractivity contribution in [1.82, 2.24) is 30.3 Å². The molecule has 0 radical (unpaired) electrons. The number of rotatable bonds is 12.